The molecule has 0 amide bonds. The van der Waals surface area contributed by atoms with Crippen molar-refractivity contribution in [2.75, 3.05) is 0 Å². The van der Waals surface area contributed by atoms with Crippen molar-refractivity contribution in [2.24, 2.45) is 11.8 Å². The van der Waals surface area contributed by atoms with E-state index in [1.54, 1.807) is 0 Å². The first-order valence-corrected chi connectivity index (χ1v) is 11.4. The van der Waals surface area contributed by atoms with Gasteiger partial charge in [-0.25, -0.2) is 4.79 Å². The fraction of sp³-hybridized carbons (Fsp3) is 0.706. The summed E-state index contributed by atoms with van der Waals surface area (Å²) in [5, 5.41) is 9.29. The van der Waals surface area contributed by atoms with Gasteiger partial charge in [0, 0.05) is 11.5 Å². The summed E-state index contributed by atoms with van der Waals surface area (Å²) in [6.07, 6.45) is 6.31. The molecule has 2 fully saturated rings. The molecule has 0 bridgehead atoms. The van der Waals surface area contributed by atoms with Crippen LogP contribution in [0.4, 0.5) is 0 Å². The third kappa shape index (κ3) is 3.48. The van der Waals surface area contributed by atoms with Gasteiger partial charge in [-0.05, 0) is 51.2 Å². The molecule has 0 saturated heterocycles. The Morgan fingerprint density at radius 1 is 1.38 bits per heavy atom. The Morgan fingerprint density at radius 3 is 2.62 bits per heavy atom. The SMILES string of the molecule is C=C1C[C@H]2CCCC[C@]2(O[Si](C)(C)C)C[C@@H]1C(=C)C(=O)O. The van der Waals surface area contributed by atoms with Crippen molar-refractivity contribution in [2.45, 2.75) is 63.8 Å². The smallest absolute Gasteiger partial charge is 0.331 e. The van der Waals surface area contributed by atoms with Gasteiger partial charge in [-0.3, -0.25) is 0 Å². The lowest BCUT2D eigenvalue weighted by Crippen LogP contribution is -2.53. The van der Waals surface area contributed by atoms with Crippen LogP contribution >= 0.6 is 0 Å². The van der Waals surface area contributed by atoms with Crippen molar-refractivity contribution in [1.82, 2.24) is 0 Å². The molecule has 2 rings (SSSR count). The number of aliphatic carboxylic acids is 1. The number of carboxylic acids is 1. The topological polar surface area (TPSA) is 46.5 Å². The molecule has 2 aliphatic rings. The molecule has 0 radical (unpaired) electrons. The maximum absolute atomic E-state index is 11.3. The van der Waals surface area contributed by atoms with E-state index >= 15 is 0 Å². The molecule has 118 valence electrons. The van der Waals surface area contributed by atoms with Gasteiger partial charge in [0.25, 0.3) is 0 Å². The minimum absolute atomic E-state index is 0.131. The highest BCUT2D eigenvalue weighted by Crippen LogP contribution is 2.52. The summed E-state index contributed by atoms with van der Waals surface area (Å²) >= 11 is 0. The van der Waals surface area contributed by atoms with Gasteiger partial charge in [0.15, 0.2) is 8.32 Å². The first-order valence-electron chi connectivity index (χ1n) is 7.94. The third-order valence-electron chi connectivity index (χ3n) is 4.90. The molecule has 1 N–H and O–H groups in total. The predicted octanol–water partition coefficient (Wildman–Crippen LogP) is 4.37. The molecule has 4 heteroatoms. The van der Waals surface area contributed by atoms with Crippen molar-refractivity contribution in [3.63, 3.8) is 0 Å². The summed E-state index contributed by atoms with van der Waals surface area (Å²) < 4.78 is 6.64. The standard InChI is InChI=1S/C17H28O3Si/c1-12-10-14-8-6-7-9-17(14,20-21(3,4)5)11-15(12)13(2)16(18)19/h14-15H,1-2,6-11H2,3-5H3,(H,18,19)/t14-,15+,17+/m1/s1. The Bertz CT molecular complexity index is 463. The van der Waals surface area contributed by atoms with Gasteiger partial charge < -0.3 is 9.53 Å². The molecule has 0 aromatic heterocycles. The van der Waals surface area contributed by atoms with E-state index in [4.69, 9.17) is 4.43 Å². The van der Waals surface area contributed by atoms with E-state index in [2.05, 4.69) is 32.8 Å². The van der Waals surface area contributed by atoms with Gasteiger partial charge in [-0.15, -0.1) is 0 Å². The Labute approximate surface area is 129 Å². The normalized spacial score (nSPS) is 33.4. The lowest BCUT2D eigenvalue weighted by molar-refractivity contribution is -0.133. The van der Waals surface area contributed by atoms with Crippen molar-refractivity contribution >= 4 is 14.3 Å². The maximum atomic E-state index is 11.3. The van der Waals surface area contributed by atoms with Crippen LogP contribution in [0.3, 0.4) is 0 Å². The predicted molar refractivity (Wildman–Crippen MR) is 87.8 cm³/mol. The van der Waals surface area contributed by atoms with Gasteiger partial charge in [0.1, 0.15) is 0 Å². The monoisotopic (exact) mass is 308 g/mol. The molecule has 2 saturated carbocycles. The highest BCUT2D eigenvalue weighted by Gasteiger charge is 2.50. The molecule has 0 aromatic rings. The van der Waals surface area contributed by atoms with Crippen LogP contribution in [0.2, 0.25) is 19.6 Å². The number of fused-ring (bicyclic) bond motifs is 1. The number of hydrogen-bond acceptors (Lipinski definition) is 2. The van der Waals surface area contributed by atoms with E-state index < -0.39 is 14.3 Å². The minimum atomic E-state index is -1.68. The second-order valence-corrected chi connectivity index (χ2v) is 12.1. The average Bonchev–Trinajstić information content (AvgIpc) is 2.35. The Kier molecular flexibility index (Phi) is 4.50. The molecule has 3 nitrogen and oxygen atoms in total. The van der Waals surface area contributed by atoms with Crippen molar-refractivity contribution in [3.8, 4) is 0 Å². The molecular weight excluding hydrogens is 280 g/mol. The van der Waals surface area contributed by atoms with Gasteiger partial charge >= 0.3 is 5.97 Å². The summed E-state index contributed by atoms with van der Waals surface area (Å²) in [6, 6.07) is 0. The summed E-state index contributed by atoms with van der Waals surface area (Å²) in [7, 11) is -1.68. The first kappa shape index (κ1) is 16.5. The van der Waals surface area contributed by atoms with Crippen LogP contribution in [0, 0.1) is 11.8 Å². The summed E-state index contributed by atoms with van der Waals surface area (Å²) in [6.45, 7) is 14.6. The molecule has 0 aromatic carbocycles. The van der Waals surface area contributed by atoms with Crippen LogP contribution in [0.15, 0.2) is 24.3 Å². The van der Waals surface area contributed by atoms with Gasteiger partial charge in [-0.1, -0.05) is 31.6 Å². The first-order chi connectivity index (χ1) is 9.65. The molecule has 3 atom stereocenters. The third-order valence-corrected chi connectivity index (χ3v) is 5.92. The number of allylic oxidation sites excluding steroid dienone is 1. The highest BCUT2D eigenvalue weighted by atomic mass is 28.4. The lowest BCUT2D eigenvalue weighted by Gasteiger charge is -2.53. The quantitative estimate of drug-likeness (QED) is 0.476. The van der Waals surface area contributed by atoms with E-state index in [-0.39, 0.29) is 17.1 Å². The van der Waals surface area contributed by atoms with Crippen LogP contribution in [0.1, 0.15) is 38.5 Å². The van der Waals surface area contributed by atoms with E-state index in [9.17, 15) is 9.90 Å². The zero-order valence-corrected chi connectivity index (χ0v) is 14.6. The average molecular weight is 308 g/mol. The van der Waals surface area contributed by atoms with Crippen LogP contribution in [-0.2, 0) is 9.22 Å². The Balaban J connectivity index is 2.30. The number of hydrogen-bond donors (Lipinski definition) is 1. The fourth-order valence-electron chi connectivity index (χ4n) is 4.09. The van der Waals surface area contributed by atoms with E-state index in [1.165, 1.54) is 19.3 Å². The van der Waals surface area contributed by atoms with E-state index in [0.29, 0.717) is 5.92 Å². The van der Waals surface area contributed by atoms with Crippen LogP contribution < -0.4 is 0 Å². The number of carboxylic acid groups (broad SMARTS) is 1. The zero-order valence-electron chi connectivity index (χ0n) is 13.6. The van der Waals surface area contributed by atoms with Crippen molar-refractivity contribution < 1.29 is 14.3 Å². The largest absolute Gasteiger partial charge is 0.478 e. The van der Waals surface area contributed by atoms with Crippen LogP contribution in [-0.4, -0.2) is 25.0 Å². The van der Waals surface area contributed by atoms with Gasteiger partial charge in [0.2, 0.25) is 0 Å². The number of carbonyl (C=O) groups is 1. The van der Waals surface area contributed by atoms with Crippen LogP contribution in [0.25, 0.3) is 0 Å². The minimum Gasteiger partial charge on any atom is -0.478 e. The summed E-state index contributed by atoms with van der Waals surface area (Å²) in [5.41, 5.74) is 1.17. The molecule has 21 heavy (non-hydrogen) atoms. The Morgan fingerprint density at radius 2 is 2.05 bits per heavy atom. The van der Waals surface area contributed by atoms with E-state index in [1.807, 2.05) is 0 Å². The number of rotatable bonds is 4. The summed E-state index contributed by atoms with van der Waals surface area (Å²) in [4.78, 5) is 11.3. The second-order valence-electron chi connectivity index (χ2n) is 7.67. The molecule has 0 aliphatic heterocycles. The molecule has 2 aliphatic carbocycles. The van der Waals surface area contributed by atoms with Crippen LogP contribution in [0.5, 0.6) is 0 Å². The van der Waals surface area contributed by atoms with Gasteiger partial charge in [-0.2, -0.15) is 0 Å². The fourth-order valence-corrected chi connectivity index (χ4v) is 5.66. The highest BCUT2D eigenvalue weighted by molar-refractivity contribution is 6.69. The van der Waals surface area contributed by atoms with Gasteiger partial charge in [0.05, 0.1) is 5.60 Å². The molecule has 0 unspecified atom stereocenters. The Hall–Kier alpha value is -0.873. The van der Waals surface area contributed by atoms with E-state index in [0.717, 1.165) is 24.8 Å². The maximum Gasteiger partial charge on any atom is 0.331 e. The zero-order chi connectivity index (χ0) is 15.8. The molecule has 0 heterocycles. The molecule has 0 spiro atoms. The summed E-state index contributed by atoms with van der Waals surface area (Å²) in [5.74, 6) is -0.532. The van der Waals surface area contributed by atoms with Crippen molar-refractivity contribution in [1.29, 1.82) is 0 Å². The lowest BCUT2D eigenvalue weighted by atomic mass is 9.61. The molecular formula is C17H28O3Si. The second kappa shape index (κ2) is 5.73. The van der Waals surface area contributed by atoms with Crippen molar-refractivity contribution in [3.05, 3.63) is 24.3 Å².